The molecule has 0 saturated heterocycles. The van der Waals surface area contributed by atoms with E-state index in [1.165, 1.54) is 6.33 Å². The number of nitrogens with zero attached hydrogens (tertiary/aromatic N) is 4. The molecule has 3 rings (SSSR count). The fourth-order valence-electron chi connectivity index (χ4n) is 2.38. The summed E-state index contributed by atoms with van der Waals surface area (Å²) in [7, 11) is 1.64. The fourth-order valence-corrected chi connectivity index (χ4v) is 2.38. The summed E-state index contributed by atoms with van der Waals surface area (Å²) in [6.07, 6.45) is 4.82. The summed E-state index contributed by atoms with van der Waals surface area (Å²) < 4.78 is 6.86. The number of anilines is 1. The van der Waals surface area contributed by atoms with Crippen molar-refractivity contribution in [3.63, 3.8) is 0 Å². The summed E-state index contributed by atoms with van der Waals surface area (Å²) in [5, 5.41) is 3.05. The third-order valence-corrected chi connectivity index (χ3v) is 3.85. The molecule has 1 saturated carbocycles. The third kappa shape index (κ3) is 2.42. The van der Waals surface area contributed by atoms with Crippen molar-refractivity contribution in [2.45, 2.75) is 31.3 Å². The topological polar surface area (TPSA) is 108 Å². The maximum Gasteiger partial charge on any atom is 0.243 e. The number of amides is 1. The van der Waals surface area contributed by atoms with Crippen LogP contribution in [0.25, 0.3) is 11.2 Å². The van der Waals surface area contributed by atoms with Crippen molar-refractivity contribution in [2.75, 3.05) is 19.5 Å². The fraction of sp³-hybridized carbons (Fsp3) is 0.538. The van der Waals surface area contributed by atoms with Crippen LogP contribution in [0, 0.1) is 0 Å². The van der Waals surface area contributed by atoms with Gasteiger partial charge in [0, 0.05) is 7.11 Å². The second kappa shape index (κ2) is 4.96. The predicted octanol–water partition coefficient (Wildman–Crippen LogP) is 0.265. The van der Waals surface area contributed by atoms with E-state index in [1.807, 2.05) is 0 Å². The van der Waals surface area contributed by atoms with Gasteiger partial charge in [-0.15, -0.1) is 0 Å². The quantitative estimate of drug-likeness (QED) is 0.818. The average Bonchev–Trinajstić information content (AvgIpc) is 3.06. The van der Waals surface area contributed by atoms with Crippen LogP contribution in [0.4, 0.5) is 5.82 Å². The molecule has 0 radical (unpaired) electrons. The SMILES string of the molecule is COCC1(NC(=O)[C@H](C)n2cnc3c(N)ncnc32)CC1. The zero-order valence-electron chi connectivity index (χ0n) is 12.0. The zero-order chi connectivity index (χ0) is 15.0. The van der Waals surface area contributed by atoms with Crippen LogP contribution < -0.4 is 11.1 Å². The Balaban J connectivity index is 1.82. The molecule has 1 aliphatic rings. The maximum absolute atomic E-state index is 12.4. The summed E-state index contributed by atoms with van der Waals surface area (Å²) in [4.78, 5) is 24.6. The molecular formula is C13H18N6O2. The lowest BCUT2D eigenvalue weighted by Gasteiger charge is -2.20. The van der Waals surface area contributed by atoms with E-state index in [1.54, 1.807) is 24.9 Å². The molecule has 0 spiro atoms. The molecule has 21 heavy (non-hydrogen) atoms. The van der Waals surface area contributed by atoms with Crippen molar-refractivity contribution in [1.82, 2.24) is 24.8 Å². The van der Waals surface area contributed by atoms with Crippen molar-refractivity contribution in [2.24, 2.45) is 0 Å². The lowest BCUT2D eigenvalue weighted by Crippen LogP contribution is -2.43. The number of ether oxygens (including phenoxy) is 1. The smallest absolute Gasteiger partial charge is 0.243 e. The van der Waals surface area contributed by atoms with E-state index in [4.69, 9.17) is 10.5 Å². The monoisotopic (exact) mass is 290 g/mol. The average molecular weight is 290 g/mol. The number of aromatic nitrogens is 4. The van der Waals surface area contributed by atoms with E-state index in [9.17, 15) is 4.79 Å². The second-order valence-corrected chi connectivity index (χ2v) is 5.46. The molecule has 3 N–H and O–H groups in total. The molecule has 2 aromatic rings. The van der Waals surface area contributed by atoms with Gasteiger partial charge in [0.25, 0.3) is 0 Å². The van der Waals surface area contributed by atoms with Crippen molar-refractivity contribution < 1.29 is 9.53 Å². The lowest BCUT2D eigenvalue weighted by molar-refractivity contribution is -0.125. The predicted molar refractivity (Wildman–Crippen MR) is 76.4 cm³/mol. The number of carbonyl (C=O) groups is 1. The van der Waals surface area contributed by atoms with E-state index in [-0.39, 0.29) is 11.4 Å². The molecule has 8 nitrogen and oxygen atoms in total. The minimum Gasteiger partial charge on any atom is -0.382 e. The molecule has 2 heterocycles. The van der Waals surface area contributed by atoms with Crippen LogP contribution in [0.1, 0.15) is 25.8 Å². The van der Waals surface area contributed by atoms with Gasteiger partial charge in [0.1, 0.15) is 17.9 Å². The molecule has 1 atom stereocenters. The number of nitrogens with two attached hydrogens (primary N) is 1. The highest BCUT2D eigenvalue weighted by atomic mass is 16.5. The van der Waals surface area contributed by atoms with E-state index in [0.29, 0.717) is 23.6 Å². The van der Waals surface area contributed by atoms with Crippen molar-refractivity contribution in [3.8, 4) is 0 Å². The van der Waals surface area contributed by atoms with Crippen LogP contribution >= 0.6 is 0 Å². The number of fused-ring (bicyclic) bond motifs is 1. The molecule has 2 aromatic heterocycles. The van der Waals surface area contributed by atoms with Gasteiger partial charge in [-0.2, -0.15) is 0 Å². The first-order valence-corrected chi connectivity index (χ1v) is 6.80. The van der Waals surface area contributed by atoms with Crippen molar-refractivity contribution >= 4 is 22.9 Å². The number of hydrogen-bond donors (Lipinski definition) is 2. The molecule has 1 amide bonds. The summed E-state index contributed by atoms with van der Waals surface area (Å²) in [6.45, 7) is 2.34. The minimum atomic E-state index is -0.432. The Morgan fingerprint density at radius 3 is 2.95 bits per heavy atom. The lowest BCUT2D eigenvalue weighted by atomic mass is 10.2. The summed E-state index contributed by atoms with van der Waals surface area (Å²) in [5.74, 6) is 0.227. The molecular weight excluding hydrogens is 272 g/mol. The highest BCUT2D eigenvalue weighted by Gasteiger charge is 2.44. The number of methoxy groups -OCH3 is 1. The first kappa shape index (κ1) is 13.7. The number of imidazole rings is 1. The molecule has 0 aromatic carbocycles. The molecule has 1 aliphatic carbocycles. The van der Waals surface area contributed by atoms with Crippen LogP contribution in [0.15, 0.2) is 12.7 Å². The Kier molecular flexibility index (Phi) is 3.25. The van der Waals surface area contributed by atoms with Crippen LogP contribution in [0.3, 0.4) is 0 Å². The van der Waals surface area contributed by atoms with Crippen molar-refractivity contribution in [1.29, 1.82) is 0 Å². The van der Waals surface area contributed by atoms with Crippen LogP contribution in [-0.4, -0.2) is 44.7 Å². The van der Waals surface area contributed by atoms with Gasteiger partial charge in [0.05, 0.1) is 18.5 Å². The van der Waals surface area contributed by atoms with Crippen LogP contribution in [0.2, 0.25) is 0 Å². The van der Waals surface area contributed by atoms with Crippen LogP contribution in [0.5, 0.6) is 0 Å². The molecule has 0 aliphatic heterocycles. The Hall–Kier alpha value is -2.22. The highest BCUT2D eigenvalue weighted by Crippen LogP contribution is 2.36. The number of rotatable bonds is 5. The first-order chi connectivity index (χ1) is 10.1. The van der Waals surface area contributed by atoms with Gasteiger partial charge >= 0.3 is 0 Å². The van der Waals surface area contributed by atoms with E-state index in [0.717, 1.165) is 12.8 Å². The van der Waals surface area contributed by atoms with Gasteiger partial charge in [-0.1, -0.05) is 0 Å². The van der Waals surface area contributed by atoms with Gasteiger partial charge in [0.15, 0.2) is 11.5 Å². The third-order valence-electron chi connectivity index (χ3n) is 3.85. The van der Waals surface area contributed by atoms with E-state index >= 15 is 0 Å². The van der Waals surface area contributed by atoms with Gasteiger partial charge in [-0.05, 0) is 19.8 Å². The summed E-state index contributed by atoms with van der Waals surface area (Å²) in [5.41, 5.74) is 6.62. The maximum atomic E-state index is 12.4. The highest BCUT2D eigenvalue weighted by molar-refractivity contribution is 5.86. The Morgan fingerprint density at radius 2 is 2.29 bits per heavy atom. The number of hydrogen-bond acceptors (Lipinski definition) is 6. The standard InChI is InChI=1S/C13H18N6O2/c1-8(12(20)18-13(3-4-13)5-21-2)19-7-17-9-10(14)15-6-16-11(9)19/h6-8H,3-5H2,1-2H3,(H,18,20)(H2,14,15,16)/t8-/m0/s1. The molecule has 1 fully saturated rings. The van der Waals surface area contributed by atoms with Gasteiger partial charge in [0.2, 0.25) is 5.91 Å². The molecule has 0 bridgehead atoms. The number of nitrogens with one attached hydrogen (secondary N) is 1. The van der Waals surface area contributed by atoms with E-state index in [2.05, 4.69) is 20.3 Å². The summed E-state index contributed by atoms with van der Waals surface area (Å²) >= 11 is 0. The van der Waals surface area contributed by atoms with Crippen LogP contribution in [-0.2, 0) is 9.53 Å². The number of carbonyl (C=O) groups excluding carboxylic acids is 1. The largest absolute Gasteiger partial charge is 0.382 e. The molecule has 8 heteroatoms. The van der Waals surface area contributed by atoms with Crippen molar-refractivity contribution in [3.05, 3.63) is 12.7 Å². The zero-order valence-corrected chi connectivity index (χ0v) is 12.0. The van der Waals surface area contributed by atoms with Gasteiger partial charge in [-0.25, -0.2) is 15.0 Å². The normalized spacial score (nSPS) is 17.6. The molecule has 112 valence electrons. The molecule has 0 unspecified atom stereocenters. The first-order valence-electron chi connectivity index (χ1n) is 6.80. The Bertz CT molecular complexity index is 678. The second-order valence-electron chi connectivity index (χ2n) is 5.46. The van der Waals surface area contributed by atoms with Gasteiger partial charge < -0.3 is 20.4 Å². The number of nitrogen functional groups attached to an aromatic ring is 1. The summed E-state index contributed by atoms with van der Waals surface area (Å²) in [6, 6.07) is -0.432. The van der Waals surface area contributed by atoms with Gasteiger partial charge in [-0.3, -0.25) is 4.79 Å². The minimum absolute atomic E-state index is 0.0824. The van der Waals surface area contributed by atoms with E-state index < -0.39 is 6.04 Å². The Labute approximate surface area is 121 Å². The Morgan fingerprint density at radius 1 is 1.52 bits per heavy atom.